The Hall–Kier alpha value is -2.92. The first-order valence-corrected chi connectivity index (χ1v) is 20.2. The van der Waals surface area contributed by atoms with Crippen molar-refractivity contribution < 1.29 is 24.2 Å². The van der Waals surface area contributed by atoms with Gasteiger partial charge in [-0.3, -0.25) is 9.59 Å². The first kappa shape index (κ1) is 47.1. The molecule has 0 aromatic carbocycles. The molecule has 1 N–H and O–H groups in total. The van der Waals surface area contributed by atoms with E-state index in [1.54, 1.807) is 0 Å². The predicted molar refractivity (Wildman–Crippen MR) is 214 cm³/mol. The Morgan fingerprint density at radius 2 is 0.900 bits per heavy atom. The molecule has 1 unspecified atom stereocenters. The average molecular weight is 695 g/mol. The van der Waals surface area contributed by atoms with E-state index in [9.17, 15) is 14.7 Å². The van der Waals surface area contributed by atoms with Crippen molar-refractivity contribution in [1.29, 1.82) is 0 Å². The molecule has 0 saturated carbocycles. The van der Waals surface area contributed by atoms with Crippen LogP contribution in [0.5, 0.6) is 0 Å². The summed E-state index contributed by atoms with van der Waals surface area (Å²) in [6.45, 7) is 3.86. The molecule has 0 amide bonds. The minimum Gasteiger partial charge on any atom is -0.462 e. The topological polar surface area (TPSA) is 72.8 Å². The van der Waals surface area contributed by atoms with E-state index in [1.807, 2.05) is 6.08 Å². The molecule has 50 heavy (non-hydrogen) atoms. The molecule has 0 bridgehead atoms. The molecular weight excluding hydrogens is 620 g/mol. The van der Waals surface area contributed by atoms with Crippen LogP contribution in [0.2, 0.25) is 0 Å². The number of hydrogen-bond acceptors (Lipinski definition) is 5. The molecule has 0 rings (SSSR count). The normalized spacial score (nSPS) is 13.1. The molecule has 0 aliphatic rings. The second-order valence-corrected chi connectivity index (χ2v) is 13.0. The third-order valence-corrected chi connectivity index (χ3v) is 8.25. The molecule has 0 aromatic heterocycles. The number of esters is 2. The summed E-state index contributed by atoms with van der Waals surface area (Å²) < 4.78 is 10.6. The fourth-order valence-electron chi connectivity index (χ4n) is 5.25. The van der Waals surface area contributed by atoms with Crippen LogP contribution in [0.3, 0.4) is 0 Å². The highest BCUT2D eigenvalue weighted by Crippen LogP contribution is 2.13. The first-order valence-electron chi connectivity index (χ1n) is 20.2. The second-order valence-electron chi connectivity index (χ2n) is 13.0. The molecule has 1 atom stereocenters. The zero-order valence-corrected chi connectivity index (χ0v) is 32.1. The maximum atomic E-state index is 12.2. The highest BCUT2D eigenvalue weighted by atomic mass is 16.6. The molecule has 0 radical (unpaired) electrons. The van der Waals surface area contributed by atoms with Crippen molar-refractivity contribution in [1.82, 2.24) is 0 Å². The fourth-order valence-corrected chi connectivity index (χ4v) is 5.25. The van der Waals surface area contributed by atoms with E-state index >= 15 is 0 Å². The lowest BCUT2D eigenvalue weighted by Gasteiger charge is -2.15. The Bertz CT molecular complexity index is 968. The van der Waals surface area contributed by atoms with Crippen molar-refractivity contribution in [3.8, 4) is 0 Å². The van der Waals surface area contributed by atoms with Crippen LogP contribution in [-0.2, 0) is 19.1 Å². The van der Waals surface area contributed by atoms with Crippen LogP contribution >= 0.6 is 0 Å². The highest BCUT2D eigenvalue weighted by Gasteiger charge is 2.16. The summed E-state index contributed by atoms with van der Waals surface area (Å²) in [7, 11) is 0. The number of aliphatic hydroxyl groups excluding tert-OH is 1. The van der Waals surface area contributed by atoms with E-state index in [4.69, 9.17) is 9.47 Å². The van der Waals surface area contributed by atoms with Gasteiger partial charge in [-0.25, -0.2) is 0 Å². The number of hydrogen-bond donors (Lipinski definition) is 1. The summed E-state index contributed by atoms with van der Waals surface area (Å²) in [5.41, 5.74) is 0. The molecule has 0 heterocycles. The number of ether oxygens (including phenoxy) is 2. The van der Waals surface area contributed by atoms with Crippen molar-refractivity contribution in [2.45, 2.75) is 174 Å². The molecule has 0 aliphatic carbocycles. The summed E-state index contributed by atoms with van der Waals surface area (Å²) in [5, 5.41) is 9.56. The summed E-state index contributed by atoms with van der Waals surface area (Å²) in [4.78, 5) is 24.3. The lowest BCUT2D eigenvalue weighted by molar-refractivity contribution is -0.161. The standard InChI is InChI=1S/C45H74O5/c1-3-5-7-9-11-13-15-17-18-19-20-21-22-23-24-25-26-28-30-32-34-36-38-40-45(48)50-43(41-46)42-49-44(47)39-37-35-33-31-29-27-16-14-12-10-8-6-4-2/h5-8,10-14,16-18,20-21,43,46H,3-4,9,15,19,22-42H2,1-2H3/b7-5+,8-6+,12-10+,13-11+,16-14+,18-17+,21-20+. The van der Waals surface area contributed by atoms with Crippen molar-refractivity contribution in [2.24, 2.45) is 0 Å². The Labute approximate surface area is 307 Å². The lowest BCUT2D eigenvalue weighted by atomic mass is 10.0. The van der Waals surface area contributed by atoms with Gasteiger partial charge in [0.2, 0.25) is 0 Å². The van der Waals surface area contributed by atoms with E-state index in [-0.39, 0.29) is 25.2 Å². The zero-order valence-electron chi connectivity index (χ0n) is 32.1. The minimum absolute atomic E-state index is 0.0828. The first-order chi connectivity index (χ1) is 24.6. The third-order valence-electron chi connectivity index (χ3n) is 8.25. The van der Waals surface area contributed by atoms with Gasteiger partial charge in [0.15, 0.2) is 6.10 Å². The van der Waals surface area contributed by atoms with E-state index < -0.39 is 6.10 Å². The van der Waals surface area contributed by atoms with Crippen LogP contribution in [0, 0.1) is 0 Å². The van der Waals surface area contributed by atoms with Crippen LogP contribution < -0.4 is 0 Å². The molecule has 0 saturated heterocycles. The largest absolute Gasteiger partial charge is 0.462 e. The molecule has 5 nitrogen and oxygen atoms in total. The van der Waals surface area contributed by atoms with Gasteiger partial charge < -0.3 is 14.6 Å². The van der Waals surface area contributed by atoms with Crippen molar-refractivity contribution in [3.63, 3.8) is 0 Å². The quantitative estimate of drug-likeness (QED) is 0.0309. The van der Waals surface area contributed by atoms with Crippen LogP contribution in [0.15, 0.2) is 85.1 Å². The lowest BCUT2D eigenvalue weighted by Crippen LogP contribution is -2.28. The number of unbranched alkanes of at least 4 members (excludes halogenated alkanes) is 15. The number of allylic oxidation sites excluding steroid dienone is 14. The smallest absolute Gasteiger partial charge is 0.306 e. The molecular formula is C45H74O5. The van der Waals surface area contributed by atoms with Crippen molar-refractivity contribution >= 4 is 11.9 Å². The molecule has 0 aliphatic heterocycles. The van der Waals surface area contributed by atoms with E-state index in [1.165, 1.54) is 51.4 Å². The Balaban J connectivity index is 3.59. The third kappa shape index (κ3) is 37.9. The van der Waals surface area contributed by atoms with Gasteiger partial charge in [0, 0.05) is 12.8 Å². The van der Waals surface area contributed by atoms with Gasteiger partial charge in [0.1, 0.15) is 6.61 Å². The Morgan fingerprint density at radius 1 is 0.480 bits per heavy atom. The SMILES string of the molecule is CC/C=C/C=C/C=C/CCCCCCCC(=O)OCC(CO)OC(=O)CCCCCCCCCCCC/C=C/C/C=C/C/C=C/C/C=C/CC. The van der Waals surface area contributed by atoms with E-state index in [2.05, 4.69) is 92.8 Å². The van der Waals surface area contributed by atoms with Gasteiger partial charge in [-0.05, 0) is 70.6 Å². The van der Waals surface area contributed by atoms with E-state index in [0.29, 0.717) is 12.8 Å². The highest BCUT2D eigenvalue weighted by molar-refractivity contribution is 5.70. The maximum absolute atomic E-state index is 12.2. The number of rotatable bonds is 35. The summed E-state index contributed by atoms with van der Waals surface area (Å²) in [6, 6.07) is 0. The van der Waals surface area contributed by atoms with Crippen LogP contribution in [0.4, 0.5) is 0 Å². The van der Waals surface area contributed by atoms with Gasteiger partial charge in [-0.15, -0.1) is 0 Å². The van der Waals surface area contributed by atoms with E-state index in [0.717, 1.165) is 89.9 Å². The zero-order chi connectivity index (χ0) is 36.4. The van der Waals surface area contributed by atoms with Gasteiger partial charge in [0.05, 0.1) is 6.61 Å². The minimum atomic E-state index is -0.786. The summed E-state index contributed by atoms with van der Waals surface area (Å²) in [6.07, 6.45) is 55.0. The summed E-state index contributed by atoms with van der Waals surface area (Å²) >= 11 is 0. The molecule has 284 valence electrons. The van der Waals surface area contributed by atoms with Gasteiger partial charge in [-0.2, -0.15) is 0 Å². The number of carbonyl (C=O) groups is 2. The Morgan fingerprint density at radius 3 is 1.42 bits per heavy atom. The number of aliphatic hydroxyl groups is 1. The monoisotopic (exact) mass is 695 g/mol. The van der Waals surface area contributed by atoms with Crippen LogP contribution in [-0.4, -0.2) is 36.4 Å². The van der Waals surface area contributed by atoms with Crippen LogP contribution in [0.1, 0.15) is 168 Å². The average Bonchev–Trinajstić information content (AvgIpc) is 3.12. The van der Waals surface area contributed by atoms with Crippen LogP contribution in [0.25, 0.3) is 0 Å². The maximum Gasteiger partial charge on any atom is 0.306 e. The predicted octanol–water partition coefficient (Wildman–Crippen LogP) is 12.7. The second kappa shape index (κ2) is 40.5. The molecule has 5 heteroatoms. The van der Waals surface area contributed by atoms with Crippen molar-refractivity contribution in [3.05, 3.63) is 85.1 Å². The van der Waals surface area contributed by atoms with Crippen molar-refractivity contribution in [2.75, 3.05) is 13.2 Å². The Kier molecular flexibility index (Phi) is 38.1. The number of carbonyl (C=O) groups excluding carboxylic acids is 2. The summed E-state index contributed by atoms with van der Waals surface area (Å²) in [5.74, 6) is -0.627. The molecule has 0 spiro atoms. The van der Waals surface area contributed by atoms with Gasteiger partial charge in [0.25, 0.3) is 0 Å². The fraction of sp³-hybridized carbons (Fsp3) is 0.644. The van der Waals surface area contributed by atoms with Gasteiger partial charge in [-0.1, -0.05) is 170 Å². The molecule has 0 fully saturated rings. The molecule has 0 aromatic rings. The van der Waals surface area contributed by atoms with Gasteiger partial charge >= 0.3 is 11.9 Å².